The third kappa shape index (κ3) is 4.65. The van der Waals surface area contributed by atoms with Gasteiger partial charge in [0, 0.05) is 13.1 Å². The third-order valence-electron chi connectivity index (χ3n) is 4.59. The summed E-state index contributed by atoms with van der Waals surface area (Å²) >= 11 is 0. The molecule has 1 amide bonds. The quantitative estimate of drug-likeness (QED) is 0.861. The molecule has 0 atom stereocenters. The van der Waals surface area contributed by atoms with Gasteiger partial charge in [0.1, 0.15) is 5.82 Å². The highest BCUT2D eigenvalue weighted by Gasteiger charge is 2.16. The number of piperidine rings is 1. The molecule has 1 fully saturated rings. The number of ether oxygens (including phenoxy) is 2. The van der Waals surface area contributed by atoms with E-state index in [1.54, 1.807) is 19.2 Å². The van der Waals surface area contributed by atoms with E-state index in [1.807, 2.05) is 30.5 Å². The van der Waals surface area contributed by atoms with Crippen molar-refractivity contribution < 1.29 is 14.3 Å². The van der Waals surface area contributed by atoms with Crippen LogP contribution < -0.4 is 19.7 Å². The van der Waals surface area contributed by atoms with Crippen LogP contribution in [0.5, 0.6) is 11.5 Å². The lowest BCUT2D eigenvalue weighted by Crippen LogP contribution is -2.32. The summed E-state index contributed by atoms with van der Waals surface area (Å²) in [6, 6.07) is 11.1. The maximum absolute atomic E-state index is 12.1. The summed E-state index contributed by atoms with van der Waals surface area (Å²) in [5.41, 5.74) is 1.10. The molecule has 1 aliphatic rings. The van der Waals surface area contributed by atoms with Crippen molar-refractivity contribution in [1.29, 1.82) is 0 Å². The summed E-state index contributed by atoms with van der Waals surface area (Å²) < 4.78 is 10.7. The lowest BCUT2D eigenvalue weighted by Gasteiger charge is -2.31. The molecule has 138 valence electrons. The molecule has 0 aliphatic carbocycles. The average Bonchev–Trinajstić information content (AvgIpc) is 2.68. The fourth-order valence-electron chi connectivity index (χ4n) is 2.97. The molecule has 0 unspecified atom stereocenters. The number of rotatable bonds is 6. The summed E-state index contributed by atoms with van der Waals surface area (Å²) in [6.07, 6.45) is 4.23. The number of carbonyl (C=O) groups is 1. The van der Waals surface area contributed by atoms with E-state index in [0.717, 1.165) is 24.7 Å². The van der Waals surface area contributed by atoms with Crippen LogP contribution in [0.25, 0.3) is 0 Å². The Morgan fingerprint density at radius 2 is 1.92 bits per heavy atom. The minimum atomic E-state index is -0.261. The number of hydrogen-bond donors (Lipinski definition) is 1. The standard InChI is InChI=1S/C20H25N3O3/c1-15-9-11-23(12-10-15)16-7-8-19(21-13-16)22-20(24)14-26-18-6-4-3-5-17(18)25-2/h3-8,13,15H,9-12,14H2,1-2H3,(H,21,22,24). The van der Waals surface area contributed by atoms with Crippen molar-refractivity contribution in [1.82, 2.24) is 4.98 Å². The molecule has 1 saturated heterocycles. The number of amides is 1. The molecule has 0 radical (unpaired) electrons. The van der Waals surface area contributed by atoms with Crippen molar-refractivity contribution in [2.75, 3.05) is 37.0 Å². The molecule has 2 aromatic rings. The number of pyridine rings is 1. The molecule has 0 saturated carbocycles. The first-order valence-corrected chi connectivity index (χ1v) is 8.92. The van der Waals surface area contributed by atoms with E-state index < -0.39 is 0 Å². The lowest BCUT2D eigenvalue weighted by molar-refractivity contribution is -0.118. The highest BCUT2D eigenvalue weighted by Crippen LogP contribution is 2.26. The molecular weight excluding hydrogens is 330 g/mol. The maximum Gasteiger partial charge on any atom is 0.263 e. The van der Waals surface area contributed by atoms with Crippen molar-refractivity contribution >= 4 is 17.4 Å². The Balaban J connectivity index is 1.51. The molecule has 6 nitrogen and oxygen atoms in total. The van der Waals surface area contributed by atoms with Gasteiger partial charge in [-0.3, -0.25) is 4.79 Å². The van der Waals surface area contributed by atoms with E-state index >= 15 is 0 Å². The molecule has 1 aromatic heterocycles. The first kappa shape index (κ1) is 18.0. The Labute approximate surface area is 154 Å². The second-order valence-electron chi connectivity index (χ2n) is 6.56. The first-order valence-electron chi connectivity index (χ1n) is 8.92. The van der Waals surface area contributed by atoms with Crippen molar-refractivity contribution in [3.05, 3.63) is 42.6 Å². The minimum Gasteiger partial charge on any atom is -0.493 e. The van der Waals surface area contributed by atoms with Gasteiger partial charge in [-0.2, -0.15) is 0 Å². The largest absolute Gasteiger partial charge is 0.493 e. The van der Waals surface area contributed by atoms with Crippen LogP contribution in [0.3, 0.4) is 0 Å². The van der Waals surface area contributed by atoms with Crippen LogP contribution >= 0.6 is 0 Å². The lowest BCUT2D eigenvalue weighted by atomic mass is 9.99. The number of hydrogen-bond acceptors (Lipinski definition) is 5. The first-order chi connectivity index (χ1) is 12.7. The minimum absolute atomic E-state index is 0.103. The van der Waals surface area contributed by atoms with E-state index in [1.165, 1.54) is 12.8 Å². The van der Waals surface area contributed by atoms with Crippen LogP contribution in [0.2, 0.25) is 0 Å². The average molecular weight is 355 g/mol. The van der Waals surface area contributed by atoms with E-state index in [-0.39, 0.29) is 12.5 Å². The van der Waals surface area contributed by atoms with Crippen molar-refractivity contribution in [2.24, 2.45) is 5.92 Å². The zero-order valence-electron chi connectivity index (χ0n) is 15.3. The number of carbonyl (C=O) groups excluding carboxylic acids is 1. The zero-order chi connectivity index (χ0) is 18.4. The van der Waals surface area contributed by atoms with Gasteiger partial charge in [-0.15, -0.1) is 0 Å². The molecule has 1 aliphatic heterocycles. The molecule has 0 bridgehead atoms. The second-order valence-corrected chi connectivity index (χ2v) is 6.56. The SMILES string of the molecule is COc1ccccc1OCC(=O)Nc1ccc(N2CCC(C)CC2)cn1. The van der Waals surface area contributed by atoms with Gasteiger partial charge in [0.05, 0.1) is 19.0 Å². The van der Waals surface area contributed by atoms with Crippen LogP contribution in [0.15, 0.2) is 42.6 Å². The number of benzene rings is 1. The molecule has 2 heterocycles. The highest BCUT2D eigenvalue weighted by atomic mass is 16.5. The Morgan fingerprint density at radius 1 is 1.19 bits per heavy atom. The Bertz CT molecular complexity index is 725. The second kappa shape index (κ2) is 8.56. The van der Waals surface area contributed by atoms with Crippen molar-refractivity contribution in [2.45, 2.75) is 19.8 Å². The normalized spacial score (nSPS) is 14.8. The van der Waals surface area contributed by atoms with Gasteiger partial charge in [-0.25, -0.2) is 4.98 Å². The number of nitrogens with zero attached hydrogens (tertiary/aromatic N) is 2. The van der Waals surface area contributed by atoms with E-state index in [2.05, 4.69) is 22.1 Å². The van der Waals surface area contributed by atoms with Gasteiger partial charge in [0.2, 0.25) is 0 Å². The molecule has 1 N–H and O–H groups in total. The summed E-state index contributed by atoms with van der Waals surface area (Å²) in [5, 5.41) is 2.75. The summed E-state index contributed by atoms with van der Waals surface area (Å²) in [5.74, 6) is 2.18. The van der Waals surface area contributed by atoms with Crippen molar-refractivity contribution in [3.8, 4) is 11.5 Å². The Morgan fingerprint density at radius 3 is 2.58 bits per heavy atom. The molecule has 3 rings (SSSR count). The zero-order valence-corrected chi connectivity index (χ0v) is 15.3. The summed E-state index contributed by atoms with van der Waals surface area (Å²) in [6.45, 7) is 4.30. The number of para-hydroxylation sites is 2. The predicted octanol–water partition coefficient (Wildman–Crippen LogP) is 3.34. The third-order valence-corrected chi connectivity index (χ3v) is 4.59. The molecule has 26 heavy (non-hydrogen) atoms. The van der Waals surface area contributed by atoms with E-state index in [0.29, 0.717) is 17.3 Å². The number of nitrogens with one attached hydrogen (secondary N) is 1. The van der Waals surface area contributed by atoms with Crippen molar-refractivity contribution in [3.63, 3.8) is 0 Å². The summed E-state index contributed by atoms with van der Waals surface area (Å²) in [4.78, 5) is 18.8. The Hall–Kier alpha value is -2.76. The van der Waals surface area contributed by atoms with Gasteiger partial charge in [-0.05, 0) is 43.0 Å². The van der Waals surface area contributed by atoms with Gasteiger partial charge >= 0.3 is 0 Å². The fourth-order valence-corrected chi connectivity index (χ4v) is 2.97. The van der Waals surface area contributed by atoms with Crippen LogP contribution in [-0.2, 0) is 4.79 Å². The molecular formula is C20H25N3O3. The van der Waals surface area contributed by atoms with Crippen LogP contribution in [0.1, 0.15) is 19.8 Å². The number of methoxy groups -OCH3 is 1. The number of anilines is 2. The van der Waals surface area contributed by atoms with Crippen LogP contribution in [0, 0.1) is 5.92 Å². The highest BCUT2D eigenvalue weighted by molar-refractivity contribution is 5.91. The van der Waals surface area contributed by atoms with Gasteiger partial charge in [0.15, 0.2) is 18.1 Å². The summed E-state index contributed by atoms with van der Waals surface area (Å²) in [7, 11) is 1.57. The van der Waals surface area contributed by atoms with Crippen LogP contribution in [0.4, 0.5) is 11.5 Å². The van der Waals surface area contributed by atoms with Gasteiger partial charge in [0.25, 0.3) is 5.91 Å². The molecule has 0 spiro atoms. The van der Waals surface area contributed by atoms with Gasteiger partial charge in [-0.1, -0.05) is 19.1 Å². The number of aromatic nitrogens is 1. The molecule has 1 aromatic carbocycles. The molecule has 6 heteroatoms. The predicted molar refractivity (Wildman–Crippen MR) is 102 cm³/mol. The topological polar surface area (TPSA) is 63.7 Å². The Kier molecular flexibility index (Phi) is 5.94. The van der Waals surface area contributed by atoms with Gasteiger partial charge < -0.3 is 19.7 Å². The van der Waals surface area contributed by atoms with E-state index in [4.69, 9.17) is 9.47 Å². The van der Waals surface area contributed by atoms with Crippen LogP contribution in [-0.4, -0.2) is 37.7 Å². The smallest absolute Gasteiger partial charge is 0.263 e. The fraction of sp³-hybridized carbons (Fsp3) is 0.400. The van der Waals surface area contributed by atoms with E-state index in [9.17, 15) is 4.79 Å². The monoisotopic (exact) mass is 355 g/mol. The maximum atomic E-state index is 12.1.